The summed E-state index contributed by atoms with van der Waals surface area (Å²) in [5, 5.41) is 1.20. The first-order chi connectivity index (χ1) is 10.3. The largest absolute Gasteiger partial charge is 0.371 e. The van der Waals surface area contributed by atoms with Crippen LogP contribution in [0.1, 0.15) is 13.8 Å². The SMILES string of the molecule is CCN(CC)c1cc(-c2ccccn2)nc2ccccc12. The monoisotopic (exact) mass is 277 g/mol. The van der Waals surface area contributed by atoms with Crippen LogP contribution in [0.15, 0.2) is 54.7 Å². The van der Waals surface area contributed by atoms with Gasteiger partial charge in [0.1, 0.15) is 0 Å². The first-order valence-electron chi connectivity index (χ1n) is 7.39. The second-order valence-electron chi connectivity index (χ2n) is 4.93. The summed E-state index contributed by atoms with van der Waals surface area (Å²) < 4.78 is 0. The van der Waals surface area contributed by atoms with Gasteiger partial charge in [-0.25, -0.2) is 4.98 Å². The molecule has 0 amide bonds. The van der Waals surface area contributed by atoms with Gasteiger partial charge >= 0.3 is 0 Å². The number of para-hydroxylation sites is 1. The standard InChI is InChI=1S/C18H19N3/c1-3-21(4-2)18-13-17(16-11-7-8-12-19-16)20-15-10-6-5-9-14(15)18/h5-13H,3-4H2,1-2H3. The number of aromatic nitrogens is 2. The van der Waals surface area contributed by atoms with E-state index >= 15 is 0 Å². The predicted molar refractivity (Wildman–Crippen MR) is 88.5 cm³/mol. The Labute approximate surface area is 125 Å². The average molecular weight is 277 g/mol. The van der Waals surface area contributed by atoms with Crippen molar-refractivity contribution in [2.24, 2.45) is 0 Å². The molecular formula is C18H19N3. The minimum atomic E-state index is 0.914. The molecule has 0 saturated heterocycles. The fourth-order valence-corrected chi connectivity index (χ4v) is 2.63. The lowest BCUT2D eigenvalue weighted by Gasteiger charge is -2.23. The molecule has 3 rings (SSSR count). The topological polar surface area (TPSA) is 29.0 Å². The molecule has 0 aliphatic heterocycles. The van der Waals surface area contributed by atoms with Crippen LogP contribution >= 0.6 is 0 Å². The number of anilines is 1. The number of hydrogen-bond donors (Lipinski definition) is 0. The minimum Gasteiger partial charge on any atom is -0.371 e. The highest BCUT2D eigenvalue weighted by molar-refractivity contribution is 5.94. The Morgan fingerprint density at radius 2 is 1.67 bits per heavy atom. The van der Waals surface area contributed by atoms with Crippen LogP contribution in [0.3, 0.4) is 0 Å². The zero-order chi connectivity index (χ0) is 14.7. The minimum absolute atomic E-state index is 0.914. The van der Waals surface area contributed by atoms with Gasteiger partial charge in [0.2, 0.25) is 0 Å². The number of fused-ring (bicyclic) bond motifs is 1. The van der Waals surface area contributed by atoms with Gasteiger partial charge in [0.15, 0.2) is 0 Å². The van der Waals surface area contributed by atoms with E-state index in [1.807, 2.05) is 30.5 Å². The molecule has 0 spiro atoms. The van der Waals surface area contributed by atoms with E-state index in [1.54, 1.807) is 0 Å². The van der Waals surface area contributed by atoms with Crippen LogP contribution in [0, 0.1) is 0 Å². The fourth-order valence-electron chi connectivity index (χ4n) is 2.63. The molecule has 106 valence electrons. The number of hydrogen-bond acceptors (Lipinski definition) is 3. The molecule has 3 aromatic rings. The van der Waals surface area contributed by atoms with E-state index in [-0.39, 0.29) is 0 Å². The Morgan fingerprint density at radius 1 is 0.905 bits per heavy atom. The zero-order valence-corrected chi connectivity index (χ0v) is 12.5. The number of rotatable bonds is 4. The molecule has 3 heteroatoms. The highest BCUT2D eigenvalue weighted by atomic mass is 15.1. The molecule has 0 saturated carbocycles. The van der Waals surface area contributed by atoms with E-state index in [1.165, 1.54) is 11.1 Å². The highest BCUT2D eigenvalue weighted by Crippen LogP contribution is 2.30. The van der Waals surface area contributed by atoms with E-state index in [2.05, 4.69) is 48.0 Å². The molecule has 0 unspecified atom stereocenters. The Bertz CT molecular complexity index is 734. The summed E-state index contributed by atoms with van der Waals surface area (Å²) in [7, 11) is 0. The van der Waals surface area contributed by atoms with E-state index in [9.17, 15) is 0 Å². The molecule has 0 bridgehead atoms. The third kappa shape index (κ3) is 2.59. The Kier molecular flexibility index (Phi) is 3.82. The highest BCUT2D eigenvalue weighted by Gasteiger charge is 2.11. The van der Waals surface area contributed by atoms with Gasteiger partial charge in [0, 0.05) is 30.4 Å². The van der Waals surface area contributed by atoms with Crippen LogP contribution in [-0.4, -0.2) is 23.1 Å². The van der Waals surface area contributed by atoms with Crippen molar-refractivity contribution in [2.75, 3.05) is 18.0 Å². The normalized spacial score (nSPS) is 10.8. The molecular weight excluding hydrogens is 258 g/mol. The second-order valence-corrected chi connectivity index (χ2v) is 4.93. The van der Waals surface area contributed by atoms with Gasteiger partial charge in [-0.1, -0.05) is 24.3 Å². The zero-order valence-electron chi connectivity index (χ0n) is 12.5. The quantitative estimate of drug-likeness (QED) is 0.717. The van der Waals surface area contributed by atoms with E-state index in [0.29, 0.717) is 0 Å². The molecule has 0 atom stereocenters. The summed E-state index contributed by atoms with van der Waals surface area (Å²) >= 11 is 0. The summed E-state index contributed by atoms with van der Waals surface area (Å²) in [6.07, 6.45) is 1.81. The molecule has 0 aliphatic rings. The van der Waals surface area contributed by atoms with Crippen molar-refractivity contribution >= 4 is 16.6 Å². The fraction of sp³-hybridized carbons (Fsp3) is 0.222. The maximum absolute atomic E-state index is 4.77. The second kappa shape index (κ2) is 5.92. The van der Waals surface area contributed by atoms with Gasteiger partial charge in [0.25, 0.3) is 0 Å². The molecule has 0 N–H and O–H groups in total. The van der Waals surface area contributed by atoms with Crippen LogP contribution in [-0.2, 0) is 0 Å². The summed E-state index contributed by atoms with van der Waals surface area (Å²) in [4.78, 5) is 11.6. The van der Waals surface area contributed by atoms with Crippen molar-refractivity contribution in [3.63, 3.8) is 0 Å². The van der Waals surface area contributed by atoms with Crippen molar-refractivity contribution < 1.29 is 0 Å². The molecule has 3 nitrogen and oxygen atoms in total. The van der Waals surface area contributed by atoms with Crippen molar-refractivity contribution in [3.05, 3.63) is 54.7 Å². The lowest BCUT2D eigenvalue weighted by Crippen LogP contribution is -2.22. The van der Waals surface area contributed by atoms with Gasteiger partial charge in [-0.3, -0.25) is 4.98 Å². The number of benzene rings is 1. The molecule has 1 aromatic carbocycles. The van der Waals surface area contributed by atoms with E-state index in [4.69, 9.17) is 4.98 Å². The average Bonchev–Trinajstić information content (AvgIpc) is 2.56. The first kappa shape index (κ1) is 13.6. The predicted octanol–water partition coefficient (Wildman–Crippen LogP) is 4.14. The van der Waals surface area contributed by atoms with Crippen molar-refractivity contribution in [1.82, 2.24) is 9.97 Å². The molecule has 0 radical (unpaired) electrons. The lowest BCUT2D eigenvalue weighted by molar-refractivity contribution is 0.870. The molecule has 2 aromatic heterocycles. The first-order valence-corrected chi connectivity index (χ1v) is 7.39. The molecule has 0 fully saturated rings. The molecule has 0 aliphatic carbocycles. The van der Waals surface area contributed by atoms with Crippen LogP contribution in [0.2, 0.25) is 0 Å². The van der Waals surface area contributed by atoms with Gasteiger partial charge in [0.05, 0.1) is 16.9 Å². The van der Waals surface area contributed by atoms with Gasteiger partial charge in [-0.2, -0.15) is 0 Å². The van der Waals surface area contributed by atoms with Crippen LogP contribution in [0.5, 0.6) is 0 Å². The van der Waals surface area contributed by atoms with Crippen molar-refractivity contribution in [3.8, 4) is 11.4 Å². The number of pyridine rings is 2. The Morgan fingerprint density at radius 3 is 2.38 bits per heavy atom. The summed E-state index contributed by atoms with van der Waals surface area (Å²) in [5.41, 5.74) is 4.08. The lowest BCUT2D eigenvalue weighted by atomic mass is 10.1. The third-order valence-corrected chi connectivity index (χ3v) is 3.73. The van der Waals surface area contributed by atoms with Crippen LogP contribution in [0.4, 0.5) is 5.69 Å². The van der Waals surface area contributed by atoms with E-state index in [0.717, 1.165) is 30.0 Å². The summed E-state index contributed by atoms with van der Waals surface area (Å²) in [6, 6.07) is 16.4. The maximum Gasteiger partial charge on any atom is 0.0914 e. The van der Waals surface area contributed by atoms with Crippen LogP contribution < -0.4 is 4.90 Å². The van der Waals surface area contributed by atoms with E-state index < -0.39 is 0 Å². The van der Waals surface area contributed by atoms with Crippen molar-refractivity contribution in [2.45, 2.75) is 13.8 Å². The van der Waals surface area contributed by atoms with Gasteiger partial charge < -0.3 is 4.90 Å². The maximum atomic E-state index is 4.77. The Balaban J connectivity index is 2.24. The molecule has 2 heterocycles. The smallest absolute Gasteiger partial charge is 0.0914 e. The third-order valence-electron chi connectivity index (χ3n) is 3.73. The Hall–Kier alpha value is -2.42. The van der Waals surface area contributed by atoms with Gasteiger partial charge in [-0.05, 0) is 38.1 Å². The number of nitrogens with zero attached hydrogens (tertiary/aromatic N) is 3. The summed E-state index contributed by atoms with van der Waals surface area (Å²) in [5.74, 6) is 0. The molecule has 21 heavy (non-hydrogen) atoms. The van der Waals surface area contributed by atoms with Crippen LogP contribution in [0.25, 0.3) is 22.3 Å². The van der Waals surface area contributed by atoms with Gasteiger partial charge in [-0.15, -0.1) is 0 Å². The summed E-state index contributed by atoms with van der Waals surface area (Å²) in [6.45, 7) is 6.32. The van der Waals surface area contributed by atoms with Crippen molar-refractivity contribution in [1.29, 1.82) is 0 Å².